The van der Waals surface area contributed by atoms with E-state index in [1.807, 2.05) is 0 Å². The normalized spacial score (nSPS) is 18.3. The van der Waals surface area contributed by atoms with Crippen molar-refractivity contribution >= 4 is 0 Å². The van der Waals surface area contributed by atoms with Crippen LogP contribution in [-0.4, -0.2) is 5.11 Å². The van der Waals surface area contributed by atoms with Crippen LogP contribution in [0, 0.1) is 11.6 Å². The molecule has 0 heterocycles. The Morgan fingerprint density at radius 1 is 1.29 bits per heavy atom. The second-order valence-corrected chi connectivity index (χ2v) is 3.81. The van der Waals surface area contributed by atoms with E-state index in [2.05, 4.69) is 0 Å². The van der Waals surface area contributed by atoms with E-state index in [1.165, 1.54) is 6.07 Å². The number of rotatable bonds is 2. The molecule has 1 nitrogen and oxygen atoms in total. The zero-order chi connectivity index (χ0) is 10.3. The SMILES string of the molecule is CCc1cc(C2(O)CC2)c(F)cc1F. The smallest absolute Gasteiger partial charge is 0.132 e. The molecule has 0 amide bonds. The zero-order valence-electron chi connectivity index (χ0n) is 7.98. The van der Waals surface area contributed by atoms with E-state index in [9.17, 15) is 13.9 Å². The minimum atomic E-state index is -1.03. The predicted octanol–water partition coefficient (Wildman–Crippen LogP) is 2.51. The number of benzene rings is 1. The van der Waals surface area contributed by atoms with E-state index in [0.29, 0.717) is 24.8 Å². The largest absolute Gasteiger partial charge is 0.385 e. The van der Waals surface area contributed by atoms with Crippen molar-refractivity contribution in [3.8, 4) is 0 Å². The molecule has 1 N–H and O–H groups in total. The van der Waals surface area contributed by atoms with Gasteiger partial charge < -0.3 is 5.11 Å². The molecular weight excluding hydrogens is 186 g/mol. The minimum Gasteiger partial charge on any atom is -0.385 e. The fraction of sp³-hybridized carbons (Fsp3) is 0.455. The van der Waals surface area contributed by atoms with Gasteiger partial charge >= 0.3 is 0 Å². The second-order valence-electron chi connectivity index (χ2n) is 3.81. The van der Waals surface area contributed by atoms with Crippen LogP contribution in [0.5, 0.6) is 0 Å². The van der Waals surface area contributed by atoms with Crippen molar-refractivity contribution in [2.24, 2.45) is 0 Å². The fourth-order valence-corrected chi connectivity index (χ4v) is 1.61. The number of aryl methyl sites for hydroxylation is 1. The molecule has 1 fully saturated rings. The summed E-state index contributed by atoms with van der Waals surface area (Å²) >= 11 is 0. The number of halogens is 2. The van der Waals surface area contributed by atoms with Gasteiger partial charge in [0.2, 0.25) is 0 Å². The Morgan fingerprint density at radius 3 is 2.43 bits per heavy atom. The van der Waals surface area contributed by atoms with Crippen LogP contribution in [0.25, 0.3) is 0 Å². The van der Waals surface area contributed by atoms with Crippen LogP contribution in [0.2, 0.25) is 0 Å². The van der Waals surface area contributed by atoms with E-state index in [0.717, 1.165) is 6.07 Å². The third-order valence-corrected chi connectivity index (χ3v) is 2.74. The Morgan fingerprint density at radius 2 is 1.93 bits per heavy atom. The molecular formula is C11H12F2O. The molecule has 0 bridgehead atoms. The van der Waals surface area contributed by atoms with Crippen molar-refractivity contribution in [3.63, 3.8) is 0 Å². The first-order valence-corrected chi connectivity index (χ1v) is 4.77. The summed E-state index contributed by atoms with van der Waals surface area (Å²) in [5.41, 5.74) is -0.320. The van der Waals surface area contributed by atoms with Gasteiger partial charge in [0, 0.05) is 11.6 Å². The van der Waals surface area contributed by atoms with E-state index in [4.69, 9.17) is 0 Å². The average Bonchev–Trinajstić information content (AvgIpc) is 2.85. The maximum Gasteiger partial charge on any atom is 0.132 e. The van der Waals surface area contributed by atoms with Gasteiger partial charge in [-0.2, -0.15) is 0 Å². The third-order valence-electron chi connectivity index (χ3n) is 2.74. The molecule has 0 radical (unpaired) electrons. The lowest BCUT2D eigenvalue weighted by atomic mass is 10.0. The molecule has 0 aliphatic heterocycles. The molecule has 0 saturated heterocycles. The first-order chi connectivity index (χ1) is 6.57. The molecule has 76 valence electrons. The second kappa shape index (κ2) is 3.02. The van der Waals surface area contributed by atoms with Gasteiger partial charge in [-0.05, 0) is 30.9 Å². The molecule has 3 heteroatoms. The first-order valence-electron chi connectivity index (χ1n) is 4.77. The summed E-state index contributed by atoms with van der Waals surface area (Å²) in [5.74, 6) is -1.17. The Hall–Kier alpha value is -0.960. The van der Waals surface area contributed by atoms with Crippen LogP contribution in [-0.2, 0) is 12.0 Å². The van der Waals surface area contributed by atoms with Crippen LogP contribution in [0.3, 0.4) is 0 Å². The van der Waals surface area contributed by atoms with Crippen LogP contribution in [0.15, 0.2) is 12.1 Å². The summed E-state index contributed by atoms with van der Waals surface area (Å²) in [6, 6.07) is 2.31. The molecule has 0 unspecified atom stereocenters. The van der Waals surface area contributed by atoms with Gasteiger partial charge in [0.05, 0.1) is 5.60 Å². The van der Waals surface area contributed by atoms with E-state index >= 15 is 0 Å². The van der Waals surface area contributed by atoms with Crippen molar-refractivity contribution in [3.05, 3.63) is 34.9 Å². The van der Waals surface area contributed by atoms with Crippen molar-refractivity contribution in [1.29, 1.82) is 0 Å². The highest BCUT2D eigenvalue weighted by Gasteiger charge is 2.44. The molecule has 1 aliphatic rings. The van der Waals surface area contributed by atoms with E-state index in [-0.39, 0.29) is 5.56 Å². The Labute approximate surface area is 81.4 Å². The summed E-state index contributed by atoms with van der Waals surface area (Å²) in [5, 5.41) is 9.73. The van der Waals surface area contributed by atoms with Crippen LogP contribution >= 0.6 is 0 Å². The van der Waals surface area contributed by atoms with E-state index < -0.39 is 17.2 Å². The minimum absolute atomic E-state index is 0.246. The monoisotopic (exact) mass is 198 g/mol. The lowest BCUT2D eigenvalue weighted by Gasteiger charge is -2.11. The van der Waals surface area contributed by atoms with Gasteiger partial charge in [0.25, 0.3) is 0 Å². The summed E-state index contributed by atoms with van der Waals surface area (Å²) in [6.45, 7) is 1.80. The highest BCUT2D eigenvalue weighted by Crippen LogP contribution is 2.46. The number of hydrogen-bond acceptors (Lipinski definition) is 1. The average molecular weight is 198 g/mol. The topological polar surface area (TPSA) is 20.2 Å². The lowest BCUT2D eigenvalue weighted by molar-refractivity contribution is 0.146. The Bertz CT molecular complexity index is 370. The maximum absolute atomic E-state index is 13.3. The van der Waals surface area contributed by atoms with Gasteiger partial charge in [-0.25, -0.2) is 8.78 Å². The van der Waals surface area contributed by atoms with Crippen LogP contribution in [0.4, 0.5) is 8.78 Å². The van der Waals surface area contributed by atoms with Crippen molar-refractivity contribution in [2.75, 3.05) is 0 Å². The molecule has 1 saturated carbocycles. The predicted molar refractivity (Wildman–Crippen MR) is 48.9 cm³/mol. The highest BCUT2D eigenvalue weighted by molar-refractivity contribution is 5.34. The summed E-state index contributed by atoms with van der Waals surface area (Å²) < 4.78 is 26.4. The molecule has 0 aromatic heterocycles. The summed E-state index contributed by atoms with van der Waals surface area (Å²) in [4.78, 5) is 0. The summed E-state index contributed by atoms with van der Waals surface area (Å²) in [7, 11) is 0. The standard InChI is InChI=1S/C11H12F2O/c1-2-7-5-8(11(14)3-4-11)10(13)6-9(7)12/h5-6,14H,2-4H2,1H3. The van der Waals surface area contributed by atoms with Crippen LogP contribution < -0.4 is 0 Å². The van der Waals surface area contributed by atoms with Gasteiger partial charge in [0.1, 0.15) is 11.6 Å². The van der Waals surface area contributed by atoms with Crippen molar-refractivity contribution in [2.45, 2.75) is 31.8 Å². The number of hydrogen-bond donors (Lipinski definition) is 1. The van der Waals surface area contributed by atoms with Gasteiger partial charge in [-0.15, -0.1) is 0 Å². The van der Waals surface area contributed by atoms with Gasteiger partial charge in [-0.1, -0.05) is 6.92 Å². The first kappa shape index (κ1) is 9.59. The van der Waals surface area contributed by atoms with Gasteiger partial charge in [0.15, 0.2) is 0 Å². The molecule has 1 aromatic rings. The fourth-order valence-electron chi connectivity index (χ4n) is 1.61. The Kier molecular flexibility index (Phi) is 2.07. The molecule has 0 spiro atoms. The Balaban J connectivity index is 2.50. The maximum atomic E-state index is 13.3. The van der Waals surface area contributed by atoms with Gasteiger partial charge in [-0.3, -0.25) is 0 Å². The lowest BCUT2D eigenvalue weighted by Crippen LogP contribution is -2.09. The molecule has 1 aliphatic carbocycles. The molecule has 0 atom stereocenters. The van der Waals surface area contributed by atoms with Crippen molar-refractivity contribution < 1.29 is 13.9 Å². The summed E-state index contributed by atoms with van der Waals surface area (Å²) in [6.07, 6.45) is 1.65. The molecule has 2 rings (SSSR count). The third kappa shape index (κ3) is 1.42. The van der Waals surface area contributed by atoms with E-state index in [1.54, 1.807) is 6.92 Å². The molecule has 14 heavy (non-hydrogen) atoms. The highest BCUT2D eigenvalue weighted by atomic mass is 19.1. The molecule has 1 aromatic carbocycles. The zero-order valence-corrected chi connectivity index (χ0v) is 7.98. The quantitative estimate of drug-likeness (QED) is 0.774. The number of aliphatic hydroxyl groups is 1. The van der Waals surface area contributed by atoms with Crippen molar-refractivity contribution in [1.82, 2.24) is 0 Å². The van der Waals surface area contributed by atoms with Crippen LogP contribution in [0.1, 0.15) is 30.9 Å².